The SMILES string of the molecule is N#C/C(=C\c1ccc(Sc2ccc(Cl)cc2)o1)C(=O)Nc1ccc(Br)cc1. The highest BCUT2D eigenvalue weighted by molar-refractivity contribution is 9.10. The number of hydrogen-bond acceptors (Lipinski definition) is 4. The summed E-state index contributed by atoms with van der Waals surface area (Å²) in [7, 11) is 0. The number of anilines is 1. The first-order valence-electron chi connectivity index (χ1n) is 7.75. The summed E-state index contributed by atoms with van der Waals surface area (Å²) in [4.78, 5) is 13.3. The number of nitriles is 1. The molecule has 0 saturated heterocycles. The summed E-state index contributed by atoms with van der Waals surface area (Å²) >= 11 is 10.6. The molecule has 0 aliphatic carbocycles. The number of halogens is 2. The Labute approximate surface area is 174 Å². The van der Waals surface area contributed by atoms with Crippen LogP contribution in [0.3, 0.4) is 0 Å². The van der Waals surface area contributed by atoms with Crippen LogP contribution in [0.2, 0.25) is 5.02 Å². The molecule has 0 aliphatic rings. The molecule has 1 aromatic heterocycles. The van der Waals surface area contributed by atoms with Crippen molar-refractivity contribution >= 4 is 57.0 Å². The predicted molar refractivity (Wildman–Crippen MR) is 111 cm³/mol. The van der Waals surface area contributed by atoms with E-state index in [1.165, 1.54) is 17.8 Å². The second-order valence-electron chi connectivity index (χ2n) is 5.34. The number of carbonyl (C=O) groups excluding carboxylic acids is 1. The van der Waals surface area contributed by atoms with Gasteiger partial charge < -0.3 is 9.73 Å². The van der Waals surface area contributed by atoms with Crippen molar-refractivity contribution < 1.29 is 9.21 Å². The molecule has 1 heterocycles. The minimum atomic E-state index is -0.497. The van der Waals surface area contributed by atoms with E-state index >= 15 is 0 Å². The summed E-state index contributed by atoms with van der Waals surface area (Å²) < 4.78 is 6.58. The van der Waals surface area contributed by atoms with Crippen molar-refractivity contribution in [3.8, 4) is 6.07 Å². The van der Waals surface area contributed by atoms with Crippen molar-refractivity contribution in [1.82, 2.24) is 0 Å². The molecule has 134 valence electrons. The first-order chi connectivity index (χ1) is 13.0. The largest absolute Gasteiger partial charge is 0.450 e. The van der Waals surface area contributed by atoms with E-state index in [-0.39, 0.29) is 5.57 Å². The highest BCUT2D eigenvalue weighted by Crippen LogP contribution is 2.30. The molecule has 1 amide bonds. The Kier molecular flexibility index (Phi) is 6.40. The van der Waals surface area contributed by atoms with Gasteiger partial charge in [0.1, 0.15) is 17.4 Å². The zero-order valence-corrected chi connectivity index (χ0v) is 16.9. The van der Waals surface area contributed by atoms with Gasteiger partial charge >= 0.3 is 0 Å². The van der Waals surface area contributed by atoms with E-state index in [1.54, 1.807) is 48.5 Å². The predicted octanol–water partition coefficient (Wildman–Crippen LogP) is 6.39. The molecule has 0 spiro atoms. The third-order valence-corrected chi connectivity index (χ3v) is 5.10. The van der Waals surface area contributed by atoms with Crippen molar-refractivity contribution in [3.05, 3.63) is 81.5 Å². The van der Waals surface area contributed by atoms with Crippen LogP contribution in [0, 0.1) is 11.3 Å². The third-order valence-electron chi connectivity index (χ3n) is 3.39. The number of nitrogens with zero attached hydrogens (tertiary/aromatic N) is 1. The highest BCUT2D eigenvalue weighted by atomic mass is 79.9. The van der Waals surface area contributed by atoms with Crippen molar-refractivity contribution in [2.24, 2.45) is 0 Å². The van der Waals surface area contributed by atoms with Gasteiger partial charge in [-0.05, 0) is 60.7 Å². The van der Waals surface area contributed by atoms with Crippen LogP contribution in [0.25, 0.3) is 6.08 Å². The molecule has 0 unspecified atom stereocenters. The number of amides is 1. The van der Waals surface area contributed by atoms with Gasteiger partial charge in [0.15, 0.2) is 5.09 Å². The van der Waals surface area contributed by atoms with Crippen LogP contribution >= 0.6 is 39.3 Å². The molecule has 0 atom stereocenters. The van der Waals surface area contributed by atoms with Gasteiger partial charge in [-0.2, -0.15) is 5.26 Å². The number of benzene rings is 2. The summed E-state index contributed by atoms with van der Waals surface area (Å²) in [5, 5.41) is 13.3. The van der Waals surface area contributed by atoms with E-state index in [4.69, 9.17) is 16.0 Å². The topological polar surface area (TPSA) is 66.0 Å². The zero-order chi connectivity index (χ0) is 19.2. The third kappa shape index (κ3) is 5.51. The van der Waals surface area contributed by atoms with Gasteiger partial charge in [0.05, 0.1) is 0 Å². The second-order valence-corrected chi connectivity index (χ2v) is 7.77. The monoisotopic (exact) mass is 458 g/mol. The van der Waals surface area contributed by atoms with Crippen LogP contribution in [0.4, 0.5) is 5.69 Å². The number of rotatable bonds is 5. The Morgan fingerprint density at radius 2 is 1.81 bits per heavy atom. The normalized spacial score (nSPS) is 11.1. The average molecular weight is 460 g/mol. The average Bonchev–Trinajstić information content (AvgIpc) is 3.10. The maximum atomic E-state index is 12.3. The maximum absolute atomic E-state index is 12.3. The van der Waals surface area contributed by atoms with E-state index in [0.29, 0.717) is 21.6 Å². The molecule has 2 aromatic carbocycles. The van der Waals surface area contributed by atoms with Crippen molar-refractivity contribution in [3.63, 3.8) is 0 Å². The highest BCUT2D eigenvalue weighted by Gasteiger charge is 2.11. The van der Waals surface area contributed by atoms with Crippen molar-refractivity contribution in [2.45, 2.75) is 9.99 Å². The van der Waals surface area contributed by atoms with E-state index in [0.717, 1.165) is 9.37 Å². The fourth-order valence-corrected chi connectivity index (χ4v) is 3.28. The summed E-state index contributed by atoms with van der Waals surface area (Å²) in [6.45, 7) is 0. The molecule has 1 N–H and O–H groups in total. The second kappa shape index (κ2) is 8.96. The molecular weight excluding hydrogens is 448 g/mol. The van der Waals surface area contributed by atoms with Crippen LogP contribution in [0.1, 0.15) is 5.76 Å². The van der Waals surface area contributed by atoms with Crippen LogP contribution in [0.5, 0.6) is 0 Å². The molecule has 27 heavy (non-hydrogen) atoms. The number of hydrogen-bond donors (Lipinski definition) is 1. The Morgan fingerprint density at radius 3 is 2.48 bits per heavy atom. The standard InChI is InChI=1S/C20H12BrClN2O2S/c21-14-1-5-16(6-2-14)24-20(25)13(12-23)11-17-7-10-19(26-17)27-18-8-3-15(22)4-9-18/h1-11H,(H,24,25)/b13-11+. The van der Waals surface area contributed by atoms with E-state index in [2.05, 4.69) is 21.2 Å². The lowest BCUT2D eigenvalue weighted by atomic mass is 10.2. The summed E-state index contributed by atoms with van der Waals surface area (Å²) in [6, 6.07) is 19.9. The minimum Gasteiger partial charge on any atom is -0.450 e. The molecule has 0 aliphatic heterocycles. The summed E-state index contributed by atoms with van der Waals surface area (Å²) in [6.07, 6.45) is 1.42. The molecule has 7 heteroatoms. The van der Waals surface area contributed by atoms with Crippen LogP contribution in [-0.2, 0) is 4.79 Å². The molecule has 3 aromatic rings. The number of nitrogens with one attached hydrogen (secondary N) is 1. The Bertz CT molecular complexity index is 1020. The fraction of sp³-hybridized carbons (Fsp3) is 0. The molecule has 0 fully saturated rings. The summed E-state index contributed by atoms with van der Waals surface area (Å²) in [5.74, 6) is -0.0721. The molecule has 4 nitrogen and oxygen atoms in total. The lowest BCUT2D eigenvalue weighted by Gasteiger charge is -2.03. The molecular formula is C20H12BrClN2O2S. The zero-order valence-electron chi connectivity index (χ0n) is 13.8. The van der Waals surface area contributed by atoms with Crippen molar-refractivity contribution in [2.75, 3.05) is 5.32 Å². The van der Waals surface area contributed by atoms with Crippen molar-refractivity contribution in [1.29, 1.82) is 5.26 Å². The molecule has 0 radical (unpaired) electrons. The lowest BCUT2D eigenvalue weighted by molar-refractivity contribution is -0.112. The van der Waals surface area contributed by atoms with Gasteiger partial charge in [0, 0.05) is 26.2 Å². The quantitative estimate of drug-likeness (QED) is 0.354. The smallest absolute Gasteiger partial charge is 0.266 e. The van der Waals surface area contributed by atoms with Gasteiger partial charge in [-0.25, -0.2) is 0 Å². The molecule has 0 saturated carbocycles. The number of furan rings is 1. The van der Waals surface area contributed by atoms with Crippen LogP contribution in [-0.4, -0.2) is 5.91 Å². The van der Waals surface area contributed by atoms with Gasteiger partial charge in [-0.3, -0.25) is 4.79 Å². The minimum absolute atomic E-state index is 0.0460. The van der Waals surface area contributed by atoms with E-state index in [9.17, 15) is 10.1 Å². The Morgan fingerprint density at radius 1 is 1.11 bits per heavy atom. The number of carbonyl (C=O) groups is 1. The van der Waals surface area contributed by atoms with Gasteiger partial charge in [-0.15, -0.1) is 0 Å². The Hall–Kier alpha value is -2.46. The summed E-state index contributed by atoms with van der Waals surface area (Å²) in [5.41, 5.74) is 0.554. The fourth-order valence-electron chi connectivity index (χ4n) is 2.11. The first kappa shape index (κ1) is 19.3. The van der Waals surface area contributed by atoms with E-state index < -0.39 is 5.91 Å². The molecule has 3 rings (SSSR count). The van der Waals surface area contributed by atoms with Crippen LogP contribution in [0.15, 0.2) is 85.1 Å². The first-order valence-corrected chi connectivity index (χ1v) is 9.74. The van der Waals surface area contributed by atoms with Crippen LogP contribution < -0.4 is 5.32 Å². The molecule has 0 bridgehead atoms. The van der Waals surface area contributed by atoms with Gasteiger partial charge in [0.2, 0.25) is 0 Å². The van der Waals surface area contributed by atoms with E-state index in [1.807, 2.05) is 18.2 Å². The van der Waals surface area contributed by atoms with Gasteiger partial charge in [0.25, 0.3) is 5.91 Å². The Balaban J connectivity index is 1.71. The lowest BCUT2D eigenvalue weighted by Crippen LogP contribution is -2.13. The maximum Gasteiger partial charge on any atom is 0.266 e. The van der Waals surface area contributed by atoms with Gasteiger partial charge in [-0.1, -0.05) is 39.3 Å².